The molecule has 0 aliphatic heterocycles. The maximum absolute atomic E-state index is 6.23. The van der Waals surface area contributed by atoms with E-state index in [2.05, 4.69) is 90.4 Å². The predicted octanol–water partition coefficient (Wildman–Crippen LogP) is 5.79. The Morgan fingerprint density at radius 2 is 1.90 bits per heavy atom. The predicted molar refractivity (Wildman–Crippen MR) is 124 cm³/mol. The Labute approximate surface area is 188 Å². The summed E-state index contributed by atoms with van der Waals surface area (Å²) in [7, 11) is 0. The number of halogens is 1. The second-order valence-corrected chi connectivity index (χ2v) is 8.74. The smallest absolute Gasteiger partial charge is 0.246 e. The van der Waals surface area contributed by atoms with Gasteiger partial charge in [-0.15, -0.1) is 15.3 Å². The van der Waals surface area contributed by atoms with Crippen molar-refractivity contribution in [3.05, 3.63) is 71.0 Å². The highest BCUT2D eigenvalue weighted by Crippen LogP contribution is 2.35. The summed E-state index contributed by atoms with van der Waals surface area (Å²) in [5.74, 6) is 1.50. The van der Waals surface area contributed by atoms with Crippen molar-refractivity contribution in [1.29, 1.82) is 0 Å². The minimum atomic E-state index is 0.207. The summed E-state index contributed by atoms with van der Waals surface area (Å²) < 4.78 is 7.70. The molecule has 1 aromatic carbocycles. The van der Waals surface area contributed by atoms with Crippen molar-refractivity contribution in [3.8, 4) is 11.6 Å². The van der Waals surface area contributed by atoms with Gasteiger partial charge in [-0.1, -0.05) is 36.4 Å². The van der Waals surface area contributed by atoms with Crippen molar-refractivity contribution in [2.24, 2.45) is 0 Å². The molecule has 7 heteroatoms. The van der Waals surface area contributed by atoms with Crippen molar-refractivity contribution in [1.82, 2.24) is 24.7 Å². The van der Waals surface area contributed by atoms with E-state index < -0.39 is 0 Å². The molecule has 0 radical (unpaired) electrons. The van der Waals surface area contributed by atoms with Crippen LogP contribution in [0.25, 0.3) is 5.65 Å². The van der Waals surface area contributed by atoms with Crippen LogP contribution in [0.1, 0.15) is 51.2 Å². The molecule has 31 heavy (non-hydrogen) atoms. The molecule has 3 aromatic rings. The first-order chi connectivity index (χ1) is 14.9. The fraction of sp³-hybridized carbons (Fsp3) is 0.375. The quantitative estimate of drug-likeness (QED) is 0.468. The van der Waals surface area contributed by atoms with Crippen LogP contribution >= 0.6 is 11.6 Å². The van der Waals surface area contributed by atoms with Crippen LogP contribution in [0.15, 0.2) is 54.6 Å². The van der Waals surface area contributed by atoms with Gasteiger partial charge in [-0.3, -0.25) is 4.90 Å². The first-order valence-electron chi connectivity index (χ1n) is 10.7. The van der Waals surface area contributed by atoms with Gasteiger partial charge in [-0.25, -0.2) is 0 Å². The van der Waals surface area contributed by atoms with Crippen molar-refractivity contribution < 1.29 is 4.74 Å². The topological polar surface area (TPSA) is 55.5 Å². The lowest BCUT2D eigenvalue weighted by atomic mass is 9.90. The molecular formula is C24H28ClN5O. The number of allylic oxidation sites excluding steroid dienone is 4. The summed E-state index contributed by atoms with van der Waals surface area (Å²) in [5, 5.41) is 12.4. The maximum atomic E-state index is 6.23. The van der Waals surface area contributed by atoms with Crippen LogP contribution in [0, 0.1) is 0 Å². The molecule has 0 spiro atoms. The van der Waals surface area contributed by atoms with Gasteiger partial charge in [-0.05, 0) is 63.4 Å². The summed E-state index contributed by atoms with van der Waals surface area (Å²) in [5.41, 5.74) is 3.01. The molecule has 1 unspecified atom stereocenters. The second-order valence-electron chi connectivity index (χ2n) is 8.40. The van der Waals surface area contributed by atoms with Gasteiger partial charge in [0.05, 0.1) is 0 Å². The molecule has 162 valence electrons. The summed E-state index contributed by atoms with van der Waals surface area (Å²) >= 11 is 6.07. The van der Waals surface area contributed by atoms with Crippen LogP contribution in [0.4, 0.5) is 0 Å². The van der Waals surface area contributed by atoms with E-state index in [4.69, 9.17) is 16.3 Å². The molecule has 2 heterocycles. The zero-order chi connectivity index (χ0) is 22.0. The van der Waals surface area contributed by atoms with Crippen molar-refractivity contribution in [3.63, 3.8) is 0 Å². The summed E-state index contributed by atoms with van der Waals surface area (Å²) in [4.78, 5) is 2.49. The maximum Gasteiger partial charge on any atom is 0.246 e. The Kier molecular flexibility index (Phi) is 6.39. The van der Waals surface area contributed by atoms with Gasteiger partial charge in [0, 0.05) is 36.2 Å². The fourth-order valence-electron chi connectivity index (χ4n) is 3.98. The summed E-state index contributed by atoms with van der Waals surface area (Å²) in [6, 6.07) is 11.0. The van der Waals surface area contributed by atoms with Crippen LogP contribution in [0.3, 0.4) is 0 Å². The number of aromatic nitrogens is 4. The first kappa shape index (κ1) is 21.5. The van der Waals surface area contributed by atoms with Gasteiger partial charge < -0.3 is 4.74 Å². The minimum Gasteiger partial charge on any atom is -0.437 e. The number of benzene rings is 1. The van der Waals surface area contributed by atoms with E-state index in [0.717, 1.165) is 24.3 Å². The van der Waals surface area contributed by atoms with E-state index in [1.807, 2.05) is 0 Å². The third-order valence-electron chi connectivity index (χ3n) is 5.56. The second kappa shape index (κ2) is 9.20. The molecule has 0 bridgehead atoms. The Morgan fingerprint density at radius 1 is 1.10 bits per heavy atom. The molecular weight excluding hydrogens is 410 g/mol. The van der Waals surface area contributed by atoms with E-state index in [-0.39, 0.29) is 11.2 Å². The molecule has 0 fully saturated rings. The molecule has 1 aliphatic carbocycles. The van der Waals surface area contributed by atoms with Crippen LogP contribution < -0.4 is 4.74 Å². The van der Waals surface area contributed by atoms with Crippen LogP contribution in [0.5, 0.6) is 11.6 Å². The van der Waals surface area contributed by atoms with Gasteiger partial charge in [0.25, 0.3) is 0 Å². The molecule has 2 aromatic heterocycles. The Hall–Kier alpha value is -2.70. The van der Waals surface area contributed by atoms with E-state index >= 15 is 0 Å². The highest BCUT2D eigenvalue weighted by atomic mass is 35.5. The Balaban J connectivity index is 1.67. The van der Waals surface area contributed by atoms with Crippen molar-refractivity contribution >= 4 is 17.2 Å². The van der Waals surface area contributed by atoms with E-state index in [0.29, 0.717) is 23.6 Å². The van der Waals surface area contributed by atoms with Crippen molar-refractivity contribution in [2.45, 2.75) is 58.7 Å². The molecule has 6 nitrogen and oxygen atoms in total. The zero-order valence-corrected chi connectivity index (χ0v) is 19.1. The number of rotatable bonds is 7. The molecule has 1 atom stereocenters. The lowest BCUT2D eigenvalue weighted by Gasteiger charge is -2.31. The Bertz CT molecular complexity index is 1110. The van der Waals surface area contributed by atoms with Gasteiger partial charge in [0.15, 0.2) is 5.65 Å². The number of nitrogens with zero attached hydrogens (tertiary/aromatic N) is 5. The molecule has 0 saturated heterocycles. The molecule has 1 aliphatic rings. The average molecular weight is 438 g/mol. The number of hydrogen-bond acceptors (Lipinski definition) is 5. The standard InChI is InChI=1S/C24H28ClN5O/c1-16(2)29(17(3)4)15-18-10-11-21(20(14-18)19-8-6-5-7-9-19)31-23-13-12-22-26-27-24(25)30(22)28-23/h5-8,10-14,16-17,19H,9,15H2,1-4H3. The van der Waals surface area contributed by atoms with Crippen LogP contribution in [0.2, 0.25) is 5.28 Å². The molecule has 0 amide bonds. The van der Waals surface area contributed by atoms with Crippen LogP contribution in [-0.2, 0) is 6.54 Å². The average Bonchev–Trinajstić information content (AvgIpc) is 3.13. The molecule has 4 rings (SSSR count). The van der Waals surface area contributed by atoms with E-state index in [1.165, 1.54) is 10.1 Å². The monoisotopic (exact) mass is 437 g/mol. The summed E-state index contributed by atoms with van der Waals surface area (Å²) in [6.45, 7) is 9.86. The minimum absolute atomic E-state index is 0.207. The summed E-state index contributed by atoms with van der Waals surface area (Å²) in [6.07, 6.45) is 9.54. The third kappa shape index (κ3) is 4.81. The van der Waals surface area contributed by atoms with E-state index in [9.17, 15) is 0 Å². The highest BCUT2D eigenvalue weighted by Gasteiger charge is 2.19. The first-order valence-corrected chi connectivity index (χ1v) is 11.1. The normalized spacial score (nSPS) is 16.2. The number of fused-ring (bicyclic) bond motifs is 1. The Morgan fingerprint density at radius 3 is 2.61 bits per heavy atom. The third-order valence-corrected chi connectivity index (χ3v) is 5.80. The number of ether oxygens (including phenoxy) is 1. The van der Waals surface area contributed by atoms with Gasteiger partial charge >= 0.3 is 0 Å². The fourth-order valence-corrected chi connectivity index (χ4v) is 4.14. The molecule has 0 N–H and O–H groups in total. The lowest BCUT2D eigenvalue weighted by molar-refractivity contribution is 0.166. The zero-order valence-electron chi connectivity index (χ0n) is 18.4. The van der Waals surface area contributed by atoms with Gasteiger partial charge in [0.2, 0.25) is 11.2 Å². The van der Waals surface area contributed by atoms with Crippen LogP contribution in [-0.4, -0.2) is 36.8 Å². The molecule has 0 saturated carbocycles. The van der Waals surface area contributed by atoms with Gasteiger partial charge in [-0.2, -0.15) is 4.52 Å². The SMILES string of the molecule is CC(C)N(Cc1ccc(Oc2ccc3nnc(Cl)n3n2)c(C2C=CC=CC2)c1)C(C)C. The largest absolute Gasteiger partial charge is 0.437 e. The highest BCUT2D eigenvalue weighted by molar-refractivity contribution is 6.28. The lowest BCUT2D eigenvalue weighted by Crippen LogP contribution is -2.36. The van der Waals surface area contributed by atoms with Crippen molar-refractivity contribution in [2.75, 3.05) is 0 Å². The van der Waals surface area contributed by atoms with E-state index in [1.54, 1.807) is 12.1 Å². The van der Waals surface area contributed by atoms with Gasteiger partial charge in [0.1, 0.15) is 5.75 Å². The number of hydrogen-bond donors (Lipinski definition) is 0.